The van der Waals surface area contributed by atoms with Crippen LogP contribution in [0.25, 0.3) is 10.9 Å². The first-order chi connectivity index (χ1) is 15.4. The Balaban J connectivity index is 1.54. The first-order valence-corrected chi connectivity index (χ1v) is 10.5. The number of carbonyl (C=O) groups is 2. The van der Waals surface area contributed by atoms with Crippen LogP contribution in [-0.2, 0) is 27.4 Å². The third kappa shape index (κ3) is 4.43. The van der Waals surface area contributed by atoms with Crippen LogP contribution in [0.15, 0.2) is 36.5 Å². The van der Waals surface area contributed by atoms with E-state index in [4.69, 9.17) is 4.74 Å². The molecule has 32 heavy (non-hydrogen) atoms. The second kappa shape index (κ2) is 8.96. The highest BCUT2D eigenvalue weighted by Crippen LogP contribution is 2.27. The van der Waals surface area contributed by atoms with Crippen molar-refractivity contribution in [2.45, 2.75) is 26.9 Å². The summed E-state index contributed by atoms with van der Waals surface area (Å²) >= 11 is 0. The van der Waals surface area contributed by atoms with E-state index in [0.29, 0.717) is 13.1 Å². The van der Waals surface area contributed by atoms with Crippen LogP contribution in [0.4, 0.5) is 10.1 Å². The van der Waals surface area contributed by atoms with Crippen LogP contribution in [-0.4, -0.2) is 58.8 Å². The lowest BCUT2D eigenvalue weighted by Crippen LogP contribution is -2.47. The number of aromatic amines is 1. The number of hydrogen-bond donors (Lipinski definition) is 1. The molecular formula is C23H26FN5O3. The van der Waals surface area contributed by atoms with Gasteiger partial charge < -0.3 is 9.64 Å². The minimum Gasteiger partial charge on any atom is -0.465 e. The van der Waals surface area contributed by atoms with E-state index in [1.807, 2.05) is 24.1 Å². The molecule has 1 amide bonds. The molecule has 1 aromatic heterocycles. The smallest absolute Gasteiger partial charge is 0.325 e. The molecule has 0 saturated heterocycles. The molecule has 2 heterocycles. The number of nitrogens with zero attached hydrogens (tertiary/aromatic N) is 4. The Morgan fingerprint density at radius 3 is 2.75 bits per heavy atom. The van der Waals surface area contributed by atoms with Gasteiger partial charge in [-0.1, -0.05) is 6.07 Å². The van der Waals surface area contributed by atoms with Crippen LogP contribution in [0.1, 0.15) is 23.6 Å². The monoisotopic (exact) mass is 439 g/mol. The minimum atomic E-state index is -0.406. The fraction of sp³-hybridized carbons (Fsp3) is 0.348. The average molecular weight is 439 g/mol. The maximum Gasteiger partial charge on any atom is 0.325 e. The average Bonchev–Trinajstić information content (AvgIpc) is 3.38. The van der Waals surface area contributed by atoms with Crippen molar-refractivity contribution in [2.24, 2.45) is 0 Å². The Bertz CT molecular complexity index is 1160. The van der Waals surface area contributed by atoms with Crippen LogP contribution in [0, 0.1) is 12.7 Å². The molecule has 0 bridgehead atoms. The van der Waals surface area contributed by atoms with Gasteiger partial charge in [0.1, 0.15) is 12.4 Å². The molecule has 0 aliphatic carbocycles. The highest BCUT2D eigenvalue weighted by molar-refractivity contribution is 5.88. The maximum absolute atomic E-state index is 13.6. The largest absolute Gasteiger partial charge is 0.465 e. The van der Waals surface area contributed by atoms with Gasteiger partial charge in [-0.3, -0.25) is 19.7 Å². The van der Waals surface area contributed by atoms with E-state index in [1.54, 1.807) is 36.1 Å². The molecule has 8 nitrogen and oxygen atoms in total. The molecule has 0 unspecified atom stereocenters. The number of benzene rings is 2. The Hall–Kier alpha value is -3.46. The molecule has 0 saturated carbocycles. The van der Waals surface area contributed by atoms with E-state index < -0.39 is 5.97 Å². The number of anilines is 1. The summed E-state index contributed by atoms with van der Waals surface area (Å²) in [6.07, 6.45) is 1.73. The number of halogens is 1. The summed E-state index contributed by atoms with van der Waals surface area (Å²) < 4.78 is 18.7. The van der Waals surface area contributed by atoms with E-state index in [0.717, 1.165) is 33.3 Å². The maximum atomic E-state index is 13.6. The zero-order chi connectivity index (χ0) is 22.8. The van der Waals surface area contributed by atoms with E-state index in [2.05, 4.69) is 10.2 Å². The minimum absolute atomic E-state index is 0.0169. The van der Waals surface area contributed by atoms with Crippen LogP contribution in [0.2, 0.25) is 0 Å². The first-order valence-electron chi connectivity index (χ1n) is 10.5. The van der Waals surface area contributed by atoms with E-state index in [9.17, 15) is 14.0 Å². The number of aryl methyl sites for hydroxylation is 1. The number of nitrogens with one attached hydrogen (secondary N) is 1. The number of carbonyl (C=O) groups excluding carboxylic acids is 2. The van der Waals surface area contributed by atoms with Gasteiger partial charge >= 0.3 is 5.97 Å². The number of H-pyrrole nitrogens is 1. The summed E-state index contributed by atoms with van der Waals surface area (Å²) in [6.45, 7) is 4.84. The van der Waals surface area contributed by atoms with Crippen LogP contribution >= 0.6 is 0 Å². The predicted octanol–water partition coefficient (Wildman–Crippen LogP) is 2.77. The van der Waals surface area contributed by atoms with Crippen molar-refractivity contribution in [3.8, 4) is 0 Å². The summed E-state index contributed by atoms with van der Waals surface area (Å²) in [5.74, 6) is -0.882. The van der Waals surface area contributed by atoms with E-state index in [1.165, 1.54) is 12.1 Å². The second-order valence-electron chi connectivity index (χ2n) is 7.91. The molecular weight excluding hydrogens is 413 g/mol. The summed E-state index contributed by atoms with van der Waals surface area (Å²) in [4.78, 5) is 27.2. The van der Waals surface area contributed by atoms with Crippen molar-refractivity contribution in [2.75, 3.05) is 31.6 Å². The van der Waals surface area contributed by atoms with E-state index >= 15 is 0 Å². The van der Waals surface area contributed by atoms with Gasteiger partial charge in [0, 0.05) is 31.2 Å². The first kappa shape index (κ1) is 21.8. The highest BCUT2D eigenvalue weighted by Gasteiger charge is 2.27. The lowest BCUT2D eigenvalue weighted by molar-refractivity contribution is -0.145. The number of hydrogen-bond acceptors (Lipinski definition) is 6. The number of esters is 1. The van der Waals surface area contributed by atoms with Crippen LogP contribution < -0.4 is 4.90 Å². The number of ether oxygens (including phenoxy) is 1. The fourth-order valence-electron chi connectivity index (χ4n) is 4.00. The fourth-order valence-corrected chi connectivity index (χ4v) is 4.00. The third-order valence-electron chi connectivity index (χ3n) is 5.71. The highest BCUT2D eigenvalue weighted by atomic mass is 19.1. The van der Waals surface area contributed by atoms with Crippen molar-refractivity contribution in [1.82, 2.24) is 20.2 Å². The zero-order valence-electron chi connectivity index (χ0n) is 18.4. The Kier molecular flexibility index (Phi) is 6.09. The Labute approximate surface area is 185 Å². The normalized spacial score (nSPS) is 13.2. The molecule has 168 valence electrons. The van der Waals surface area contributed by atoms with Gasteiger partial charge in [0.15, 0.2) is 0 Å². The summed E-state index contributed by atoms with van der Waals surface area (Å²) in [6, 6.07) is 8.53. The molecule has 1 aliphatic heterocycles. The summed E-state index contributed by atoms with van der Waals surface area (Å²) in [5, 5.41) is 11.3. The molecule has 3 aromatic rings. The van der Waals surface area contributed by atoms with Crippen molar-refractivity contribution < 1.29 is 18.7 Å². The Morgan fingerprint density at radius 2 is 1.97 bits per heavy atom. The molecule has 0 fully saturated rings. The molecule has 2 aromatic carbocycles. The van der Waals surface area contributed by atoms with Crippen molar-refractivity contribution in [1.29, 1.82) is 0 Å². The molecule has 1 N–H and O–H groups in total. The van der Waals surface area contributed by atoms with E-state index in [-0.39, 0.29) is 31.4 Å². The van der Waals surface area contributed by atoms with Crippen LogP contribution in [0.3, 0.4) is 0 Å². The van der Waals surface area contributed by atoms with Gasteiger partial charge in [0.05, 0.1) is 24.9 Å². The second-order valence-corrected chi connectivity index (χ2v) is 7.91. The third-order valence-corrected chi connectivity index (χ3v) is 5.71. The number of fused-ring (bicyclic) bond motifs is 2. The molecule has 4 rings (SSSR count). The van der Waals surface area contributed by atoms with Gasteiger partial charge in [0.2, 0.25) is 0 Å². The summed E-state index contributed by atoms with van der Waals surface area (Å²) in [7, 11) is 1.69. The van der Waals surface area contributed by atoms with Crippen molar-refractivity contribution in [3.63, 3.8) is 0 Å². The number of hydrazine groups is 1. The lowest BCUT2D eigenvalue weighted by Gasteiger charge is -2.31. The van der Waals surface area contributed by atoms with Crippen LogP contribution in [0.5, 0.6) is 0 Å². The number of amides is 1. The number of likely N-dealkylation sites (N-methyl/N-ethyl adjacent to an activating group) is 1. The standard InChI is InChI=1S/C23H26FN5O3/c1-4-32-23(31)14-28(21-9-20-17(7-15(21)2)10-25-26-20)13-22(30)27(3)29-11-16-5-6-19(24)8-18(16)12-29/h5-10H,4,11-14H2,1-3H3,(H,25,26). The van der Waals surface area contributed by atoms with Gasteiger partial charge in [-0.25, -0.2) is 9.40 Å². The van der Waals surface area contributed by atoms with Gasteiger partial charge in [-0.2, -0.15) is 5.10 Å². The number of aromatic nitrogens is 2. The molecule has 9 heteroatoms. The molecule has 0 radical (unpaired) electrons. The van der Waals surface area contributed by atoms with Gasteiger partial charge in [-0.15, -0.1) is 0 Å². The Morgan fingerprint density at radius 1 is 1.19 bits per heavy atom. The topological polar surface area (TPSA) is 81.8 Å². The quantitative estimate of drug-likeness (QED) is 0.570. The summed E-state index contributed by atoms with van der Waals surface area (Å²) in [5.41, 5.74) is 4.35. The van der Waals surface area contributed by atoms with Crippen molar-refractivity contribution in [3.05, 3.63) is 59.0 Å². The van der Waals surface area contributed by atoms with Gasteiger partial charge in [0.25, 0.3) is 5.91 Å². The zero-order valence-corrected chi connectivity index (χ0v) is 18.4. The SMILES string of the molecule is CCOC(=O)CN(CC(=O)N(C)N1Cc2ccc(F)cc2C1)c1cc2[nH]ncc2cc1C. The molecule has 0 spiro atoms. The van der Waals surface area contributed by atoms with Crippen molar-refractivity contribution >= 4 is 28.5 Å². The molecule has 1 aliphatic rings. The predicted molar refractivity (Wildman–Crippen MR) is 118 cm³/mol. The molecule has 0 atom stereocenters. The number of rotatable bonds is 7. The van der Waals surface area contributed by atoms with Gasteiger partial charge in [-0.05, 0) is 54.8 Å². The lowest BCUT2D eigenvalue weighted by atomic mass is 10.1.